The maximum absolute atomic E-state index is 10.9. The molecule has 4 N–H and O–H groups in total. The molecule has 9 heteroatoms. The maximum atomic E-state index is 10.9. The maximum Gasteiger partial charge on any atom is 0.189 e. The summed E-state index contributed by atoms with van der Waals surface area (Å²) in [5.41, 5.74) is 5.67. The van der Waals surface area contributed by atoms with E-state index in [0.717, 1.165) is 0 Å². The Morgan fingerprint density at radius 1 is 1.25 bits per heavy atom. The lowest BCUT2D eigenvalue weighted by atomic mass is 9.91. The van der Waals surface area contributed by atoms with Gasteiger partial charge in [-0.05, 0) is 12.1 Å². The van der Waals surface area contributed by atoms with Crippen LogP contribution < -0.4 is 10.5 Å². The first kappa shape index (κ1) is 18.6. The Bertz CT molecular complexity index is 963. The number of para-hydroxylation sites is 1. The van der Waals surface area contributed by atoms with Crippen LogP contribution in [-0.2, 0) is 10.5 Å². The number of anilines is 1. The quantitative estimate of drug-likeness (QED) is 0.591. The van der Waals surface area contributed by atoms with Crippen LogP contribution in [0.5, 0.6) is 5.75 Å². The number of nitrogens with two attached hydrogens (primary N) is 1. The zero-order chi connectivity index (χ0) is 19.9. The zero-order valence-electron chi connectivity index (χ0n) is 15.6. The third-order valence-corrected chi connectivity index (χ3v) is 5.19. The van der Waals surface area contributed by atoms with Crippen molar-refractivity contribution in [3.8, 4) is 5.75 Å². The minimum absolute atomic E-state index is 0.166. The van der Waals surface area contributed by atoms with Gasteiger partial charge in [-0.3, -0.25) is 4.57 Å². The van der Waals surface area contributed by atoms with Crippen LogP contribution >= 0.6 is 0 Å². The molecule has 9 nitrogen and oxygen atoms in total. The highest BCUT2D eigenvalue weighted by Crippen LogP contribution is 2.44. The summed E-state index contributed by atoms with van der Waals surface area (Å²) in [5.74, 6) is 0.666. The predicted molar refractivity (Wildman–Crippen MR) is 101 cm³/mol. The molecule has 0 radical (unpaired) electrons. The van der Waals surface area contributed by atoms with Gasteiger partial charge >= 0.3 is 0 Å². The summed E-state index contributed by atoms with van der Waals surface area (Å²) >= 11 is 0. The predicted octanol–water partition coefficient (Wildman–Crippen LogP) is 0.917. The van der Waals surface area contributed by atoms with Crippen LogP contribution in [0.1, 0.15) is 13.8 Å². The number of aliphatic hydroxyl groups excluding tert-OH is 2. The molecule has 0 unspecified atom stereocenters. The lowest BCUT2D eigenvalue weighted by Crippen LogP contribution is -2.52. The highest BCUT2D eigenvalue weighted by Gasteiger charge is 2.60. The number of ether oxygens (including phenoxy) is 2. The van der Waals surface area contributed by atoms with Gasteiger partial charge in [-0.2, -0.15) is 0 Å². The number of nitrogen functional groups attached to an aromatic ring is 1. The van der Waals surface area contributed by atoms with E-state index in [1.165, 1.54) is 6.33 Å². The number of aliphatic hydroxyl groups is 2. The van der Waals surface area contributed by atoms with E-state index >= 15 is 0 Å². The first-order chi connectivity index (χ1) is 13.5. The molecule has 1 saturated heterocycles. The average Bonchev–Trinajstić information content (AvgIpc) is 3.24. The van der Waals surface area contributed by atoms with E-state index in [0.29, 0.717) is 16.9 Å². The Morgan fingerprint density at radius 3 is 2.68 bits per heavy atom. The Balaban J connectivity index is 1.89. The van der Waals surface area contributed by atoms with E-state index in [-0.39, 0.29) is 18.3 Å². The van der Waals surface area contributed by atoms with Gasteiger partial charge in [-0.25, -0.2) is 15.0 Å². The Labute approximate surface area is 161 Å². The van der Waals surface area contributed by atoms with Crippen molar-refractivity contribution in [2.24, 2.45) is 5.92 Å². The molecular weight excluding hydrogens is 362 g/mol. The largest absolute Gasteiger partial charge is 0.483 e. The summed E-state index contributed by atoms with van der Waals surface area (Å²) in [6.45, 7) is 3.54. The fourth-order valence-corrected chi connectivity index (χ4v) is 3.81. The first-order valence-corrected chi connectivity index (χ1v) is 9.11. The van der Waals surface area contributed by atoms with Gasteiger partial charge in [0, 0.05) is 5.92 Å². The second-order valence-electron chi connectivity index (χ2n) is 7.13. The molecule has 0 bridgehead atoms. The monoisotopic (exact) mass is 385 g/mol. The molecule has 3 aromatic rings. The summed E-state index contributed by atoms with van der Waals surface area (Å²) in [4.78, 5) is 12.6. The van der Waals surface area contributed by atoms with E-state index in [4.69, 9.17) is 15.2 Å². The molecule has 0 spiro atoms. The SMILES string of the molecule is CC(C)[C@@]1(n2cnc3c(N)ncnc32)O[C@H](CO)[C@@H](O)[C@H]1Oc1ccccc1. The molecule has 1 aromatic carbocycles. The van der Waals surface area contributed by atoms with E-state index in [9.17, 15) is 10.2 Å². The molecule has 0 aliphatic carbocycles. The number of rotatable bonds is 5. The van der Waals surface area contributed by atoms with Crippen molar-refractivity contribution in [2.75, 3.05) is 12.3 Å². The van der Waals surface area contributed by atoms with Crippen molar-refractivity contribution in [1.82, 2.24) is 19.5 Å². The summed E-state index contributed by atoms with van der Waals surface area (Å²) in [6, 6.07) is 9.17. The molecular formula is C19H23N5O4. The van der Waals surface area contributed by atoms with Crippen LogP contribution in [0.25, 0.3) is 11.2 Å². The Hall–Kier alpha value is -2.75. The third-order valence-electron chi connectivity index (χ3n) is 5.19. The number of fused-ring (bicyclic) bond motifs is 1. The second kappa shape index (κ2) is 7.01. The van der Waals surface area contributed by atoms with Crippen LogP contribution in [0.2, 0.25) is 0 Å². The summed E-state index contributed by atoms with van der Waals surface area (Å²) in [5, 5.41) is 20.7. The van der Waals surface area contributed by atoms with Crippen LogP contribution in [-0.4, -0.2) is 54.7 Å². The lowest BCUT2D eigenvalue weighted by Gasteiger charge is -2.39. The smallest absolute Gasteiger partial charge is 0.189 e. The van der Waals surface area contributed by atoms with E-state index < -0.39 is 24.0 Å². The van der Waals surface area contributed by atoms with E-state index in [1.54, 1.807) is 23.0 Å². The lowest BCUT2D eigenvalue weighted by molar-refractivity contribution is -0.168. The van der Waals surface area contributed by atoms with Crippen molar-refractivity contribution < 1.29 is 19.7 Å². The summed E-state index contributed by atoms with van der Waals surface area (Å²) in [6.07, 6.45) is 0.202. The topological polar surface area (TPSA) is 129 Å². The number of nitrogens with zero attached hydrogens (tertiary/aromatic N) is 4. The molecule has 2 aromatic heterocycles. The molecule has 0 saturated carbocycles. The van der Waals surface area contributed by atoms with Crippen LogP contribution in [0, 0.1) is 5.92 Å². The van der Waals surface area contributed by atoms with Gasteiger partial charge in [-0.15, -0.1) is 0 Å². The van der Waals surface area contributed by atoms with Crippen molar-refractivity contribution in [2.45, 2.75) is 37.9 Å². The fraction of sp³-hybridized carbons (Fsp3) is 0.421. The highest BCUT2D eigenvalue weighted by atomic mass is 16.6. The van der Waals surface area contributed by atoms with Crippen molar-refractivity contribution >= 4 is 17.0 Å². The zero-order valence-corrected chi connectivity index (χ0v) is 15.6. The molecule has 3 heterocycles. The summed E-state index contributed by atoms with van der Waals surface area (Å²) < 4.78 is 14.2. The number of aromatic nitrogens is 4. The van der Waals surface area contributed by atoms with Gasteiger partial charge in [0.25, 0.3) is 0 Å². The van der Waals surface area contributed by atoms with Gasteiger partial charge in [0.15, 0.2) is 23.3 Å². The van der Waals surface area contributed by atoms with Crippen LogP contribution in [0.4, 0.5) is 5.82 Å². The van der Waals surface area contributed by atoms with Crippen molar-refractivity contribution in [3.05, 3.63) is 43.0 Å². The summed E-state index contributed by atoms with van der Waals surface area (Å²) in [7, 11) is 0. The van der Waals surface area contributed by atoms with E-state index in [2.05, 4.69) is 15.0 Å². The molecule has 4 atom stereocenters. The minimum Gasteiger partial charge on any atom is -0.483 e. The minimum atomic E-state index is -1.17. The fourth-order valence-electron chi connectivity index (χ4n) is 3.81. The number of benzene rings is 1. The van der Waals surface area contributed by atoms with Crippen LogP contribution in [0.3, 0.4) is 0 Å². The molecule has 148 valence electrons. The molecule has 28 heavy (non-hydrogen) atoms. The average molecular weight is 385 g/mol. The number of imidazole rings is 1. The molecule has 4 rings (SSSR count). The normalized spacial score (nSPS) is 27.5. The molecule has 1 fully saturated rings. The number of hydrogen-bond acceptors (Lipinski definition) is 8. The number of hydrogen-bond donors (Lipinski definition) is 3. The molecule has 1 aliphatic rings. The first-order valence-electron chi connectivity index (χ1n) is 9.11. The molecule has 1 aliphatic heterocycles. The second-order valence-corrected chi connectivity index (χ2v) is 7.13. The van der Waals surface area contributed by atoms with Crippen LogP contribution in [0.15, 0.2) is 43.0 Å². The standard InChI is InChI=1S/C19H23N5O4/c1-11(2)19(24-10-23-14-17(20)21-9-22-18(14)24)16(15(26)13(8-25)28-19)27-12-6-4-3-5-7-12/h3-7,9-11,13,15-16,25-26H,8H2,1-2H3,(H2,20,21,22)/t13-,15-,16-,19-/m1/s1. The highest BCUT2D eigenvalue weighted by molar-refractivity contribution is 5.81. The molecule has 0 amide bonds. The van der Waals surface area contributed by atoms with E-state index in [1.807, 2.05) is 32.0 Å². The van der Waals surface area contributed by atoms with Crippen molar-refractivity contribution in [3.63, 3.8) is 0 Å². The van der Waals surface area contributed by atoms with Gasteiger partial charge in [0.05, 0.1) is 12.9 Å². The Kier molecular flexibility index (Phi) is 4.66. The Morgan fingerprint density at radius 2 is 2.00 bits per heavy atom. The van der Waals surface area contributed by atoms with Crippen molar-refractivity contribution in [1.29, 1.82) is 0 Å². The van der Waals surface area contributed by atoms with Gasteiger partial charge in [0.2, 0.25) is 0 Å². The van der Waals surface area contributed by atoms with Gasteiger partial charge in [0.1, 0.15) is 29.8 Å². The van der Waals surface area contributed by atoms with Gasteiger partial charge in [-0.1, -0.05) is 32.0 Å². The van der Waals surface area contributed by atoms with Gasteiger partial charge < -0.3 is 25.4 Å². The third kappa shape index (κ3) is 2.70.